The molecule has 100 valence electrons. The zero-order valence-electron chi connectivity index (χ0n) is 11.6. The molecule has 1 nitrogen and oxygen atoms in total. The molecule has 0 bridgehead atoms. The first kappa shape index (κ1) is 13.8. The average molecular weight is 254 g/mol. The second-order valence-corrected chi connectivity index (χ2v) is 5.54. The van der Waals surface area contributed by atoms with E-state index in [0.29, 0.717) is 24.0 Å². The molecule has 1 unspecified atom stereocenters. The second-order valence-electron chi connectivity index (χ2n) is 5.54. The first-order valence-corrected chi connectivity index (χ1v) is 7.10. The van der Waals surface area contributed by atoms with Crippen LogP contribution in [0.1, 0.15) is 32.6 Å². The van der Waals surface area contributed by atoms with Crippen molar-refractivity contribution in [1.82, 2.24) is 0 Å². The highest BCUT2D eigenvalue weighted by Gasteiger charge is 2.27. The van der Waals surface area contributed by atoms with Crippen LogP contribution in [0.2, 0.25) is 0 Å². The molecule has 2 aliphatic rings. The Labute approximate surface area is 116 Å². The summed E-state index contributed by atoms with van der Waals surface area (Å²) in [7, 11) is 0. The lowest BCUT2D eigenvalue weighted by Crippen LogP contribution is -1.96. The van der Waals surface area contributed by atoms with Crippen molar-refractivity contribution in [3.05, 3.63) is 60.3 Å². The molecule has 0 saturated heterocycles. The van der Waals surface area contributed by atoms with Crippen LogP contribution in [0.4, 0.5) is 0 Å². The van der Waals surface area contributed by atoms with Crippen LogP contribution in [0.25, 0.3) is 0 Å². The summed E-state index contributed by atoms with van der Waals surface area (Å²) < 4.78 is 0. The smallest absolute Gasteiger partial charge is 0.139 e. The molecule has 1 atom stereocenters. The summed E-state index contributed by atoms with van der Waals surface area (Å²) in [5.41, 5.74) is 2.18. The normalized spacial score (nSPS) is 23.0. The van der Waals surface area contributed by atoms with Gasteiger partial charge in [-0.3, -0.25) is 4.79 Å². The molecule has 0 amide bonds. The number of carbonyl (C=O) groups excluding carboxylic acids is 1. The highest BCUT2D eigenvalue weighted by Crippen LogP contribution is 2.30. The van der Waals surface area contributed by atoms with E-state index in [9.17, 15) is 4.79 Å². The number of carbonyl (C=O) groups is 1. The number of hydrogen-bond donors (Lipinski definition) is 0. The van der Waals surface area contributed by atoms with Crippen LogP contribution in [0.3, 0.4) is 0 Å². The van der Waals surface area contributed by atoms with Gasteiger partial charge in [0.15, 0.2) is 0 Å². The van der Waals surface area contributed by atoms with E-state index in [1.54, 1.807) is 0 Å². The van der Waals surface area contributed by atoms with Crippen LogP contribution >= 0.6 is 0 Å². The lowest BCUT2D eigenvalue weighted by molar-refractivity contribution is -0.119. The molecule has 2 aliphatic carbocycles. The van der Waals surface area contributed by atoms with E-state index in [4.69, 9.17) is 0 Å². The molecule has 0 heterocycles. The van der Waals surface area contributed by atoms with Gasteiger partial charge in [0.25, 0.3) is 0 Å². The monoisotopic (exact) mass is 254 g/mol. The Balaban J connectivity index is 1.78. The molecule has 0 aliphatic heterocycles. The molecular weight excluding hydrogens is 232 g/mol. The lowest BCUT2D eigenvalue weighted by Gasteiger charge is -2.08. The number of allylic oxidation sites excluding steroid dienone is 9. The third-order valence-electron chi connectivity index (χ3n) is 3.47. The van der Waals surface area contributed by atoms with Gasteiger partial charge in [-0.2, -0.15) is 0 Å². The predicted octanol–water partition coefficient (Wildman–Crippen LogP) is 4.55. The van der Waals surface area contributed by atoms with Gasteiger partial charge < -0.3 is 0 Å². The minimum atomic E-state index is 0.354. The van der Waals surface area contributed by atoms with Crippen molar-refractivity contribution in [3.63, 3.8) is 0 Å². The van der Waals surface area contributed by atoms with Gasteiger partial charge in [-0.1, -0.05) is 56.0 Å². The van der Waals surface area contributed by atoms with E-state index in [0.717, 1.165) is 24.8 Å². The molecule has 0 aromatic heterocycles. The third kappa shape index (κ3) is 4.86. The van der Waals surface area contributed by atoms with Crippen molar-refractivity contribution in [1.29, 1.82) is 0 Å². The van der Waals surface area contributed by atoms with Crippen molar-refractivity contribution in [2.45, 2.75) is 32.6 Å². The Kier molecular flexibility index (Phi) is 4.73. The van der Waals surface area contributed by atoms with Gasteiger partial charge in [-0.05, 0) is 36.3 Å². The summed E-state index contributed by atoms with van der Waals surface area (Å²) in [5.74, 6) is 1.34. The summed E-state index contributed by atoms with van der Waals surface area (Å²) >= 11 is 0. The van der Waals surface area contributed by atoms with Gasteiger partial charge in [0.2, 0.25) is 0 Å². The van der Waals surface area contributed by atoms with E-state index in [1.807, 2.05) is 18.2 Å². The fraction of sp³-hybridized carbons (Fsp3) is 0.389. The van der Waals surface area contributed by atoms with Crippen molar-refractivity contribution >= 4 is 5.78 Å². The molecule has 0 radical (unpaired) electrons. The molecule has 1 saturated carbocycles. The van der Waals surface area contributed by atoms with Crippen LogP contribution in [-0.2, 0) is 4.79 Å². The number of rotatable bonds is 6. The number of ketones is 1. The van der Waals surface area contributed by atoms with Crippen LogP contribution in [0.5, 0.6) is 0 Å². The topological polar surface area (TPSA) is 17.1 Å². The molecule has 1 heteroatoms. The summed E-state index contributed by atoms with van der Waals surface area (Å²) in [6, 6.07) is 0. The van der Waals surface area contributed by atoms with Gasteiger partial charge in [0, 0.05) is 12.3 Å². The Hall–Kier alpha value is -1.63. The maximum absolute atomic E-state index is 11.5. The Morgan fingerprint density at radius 1 is 1.42 bits per heavy atom. The fourth-order valence-electron chi connectivity index (χ4n) is 2.14. The molecule has 19 heavy (non-hydrogen) atoms. The molecular formula is C18H22O. The SMILES string of the molecule is C=C(/C=C\CC(=O)C1CC1)/C=C/C1=CC(C)CC=C1. The first-order chi connectivity index (χ1) is 9.15. The summed E-state index contributed by atoms with van der Waals surface area (Å²) in [6.07, 6.45) is 18.4. The lowest BCUT2D eigenvalue weighted by atomic mass is 9.97. The minimum absolute atomic E-state index is 0.354. The summed E-state index contributed by atoms with van der Waals surface area (Å²) in [4.78, 5) is 11.5. The predicted molar refractivity (Wildman–Crippen MR) is 80.8 cm³/mol. The van der Waals surface area contributed by atoms with Crippen molar-refractivity contribution in [2.24, 2.45) is 11.8 Å². The molecule has 0 aromatic rings. The van der Waals surface area contributed by atoms with E-state index < -0.39 is 0 Å². The van der Waals surface area contributed by atoms with E-state index >= 15 is 0 Å². The first-order valence-electron chi connectivity index (χ1n) is 7.10. The zero-order valence-corrected chi connectivity index (χ0v) is 11.6. The Bertz CT molecular complexity index is 470. The van der Waals surface area contributed by atoms with Crippen LogP contribution < -0.4 is 0 Å². The Morgan fingerprint density at radius 2 is 2.21 bits per heavy atom. The van der Waals surface area contributed by atoms with E-state index in [1.165, 1.54) is 5.57 Å². The largest absolute Gasteiger partial charge is 0.299 e. The number of hydrogen-bond acceptors (Lipinski definition) is 1. The highest BCUT2D eigenvalue weighted by molar-refractivity contribution is 5.84. The molecule has 1 fully saturated rings. The molecule has 0 spiro atoms. The quantitative estimate of drug-likeness (QED) is 0.636. The van der Waals surface area contributed by atoms with Crippen LogP contribution in [0.15, 0.2) is 60.3 Å². The van der Waals surface area contributed by atoms with E-state index in [-0.39, 0.29) is 0 Å². The van der Waals surface area contributed by atoms with Crippen molar-refractivity contribution in [2.75, 3.05) is 0 Å². The molecule has 0 N–H and O–H groups in total. The maximum Gasteiger partial charge on any atom is 0.139 e. The van der Waals surface area contributed by atoms with Gasteiger partial charge in [-0.25, -0.2) is 0 Å². The zero-order chi connectivity index (χ0) is 13.7. The van der Waals surface area contributed by atoms with E-state index in [2.05, 4.69) is 37.8 Å². The maximum atomic E-state index is 11.5. The van der Waals surface area contributed by atoms with Gasteiger partial charge in [0.1, 0.15) is 5.78 Å². The van der Waals surface area contributed by atoms with Gasteiger partial charge >= 0.3 is 0 Å². The van der Waals surface area contributed by atoms with Crippen molar-refractivity contribution in [3.8, 4) is 0 Å². The highest BCUT2D eigenvalue weighted by atomic mass is 16.1. The summed E-state index contributed by atoms with van der Waals surface area (Å²) in [6.45, 7) is 6.20. The summed E-state index contributed by atoms with van der Waals surface area (Å²) in [5, 5.41) is 0. The fourth-order valence-corrected chi connectivity index (χ4v) is 2.14. The van der Waals surface area contributed by atoms with Gasteiger partial charge in [0.05, 0.1) is 0 Å². The van der Waals surface area contributed by atoms with Crippen LogP contribution in [0, 0.1) is 11.8 Å². The van der Waals surface area contributed by atoms with Crippen LogP contribution in [-0.4, -0.2) is 5.78 Å². The average Bonchev–Trinajstić information content (AvgIpc) is 3.20. The minimum Gasteiger partial charge on any atom is -0.299 e. The Morgan fingerprint density at radius 3 is 2.89 bits per heavy atom. The second kappa shape index (κ2) is 6.51. The van der Waals surface area contributed by atoms with Crippen molar-refractivity contribution < 1.29 is 4.79 Å². The third-order valence-corrected chi connectivity index (χ3v) is 3.47. The van der Waals surface area contributed by atoms with Gasteiger partial charge in [-0.15, -0.1) is 0 Å². The standard InChI is InChI=1S/C18H22O/c1-14(5-4-8-18(19)17-11-12-17)9-10-16-7-3-6-15(2)13-16/h3-5,7,9-10,13,15,17H,1,6,8,11-12H2,2H3/b5-4-,10-9+. The molecule has 0 aromatic carbocycles. The number of Topliss-reactive ketones (excluding diaryl/α,β-unsaturated/α-hetero) is 1. The molecule has 2 rings (SSSR count).